The summed E-state index contributed by atoms with van der Waals surface area (Å²) < 4.78 is 1.02. The standard InChI is InChI=1S/C19H18BrN3OS/c1-12-2-3-13-11-14(18(24)23-17(13)10-12)8-9-21-19(25)22-16-6-4-15(20)5-7-16/h2-7,10-11,14H,8-9H2,1H3,(H2,21,22,25). The van der Waals surface area contributed by atoms with E-state index in [0.717, 1.165) is 26.3 Å². The highest BCUT2D eigenvalue weighted by atomic mass is 79.9. The summed E-state index contributed by atoms with van der Waals surface area (Å²) in [6, 6.07) is 13.8. The van der Waals surface area contributed by atoms with Gasteiger partial charge in [-0.25, -0.2) is 4.99 Å². The van der Waals surface area contributed by atoms with Crippen LogP contribution < -0.4 is 21.2 Å². The molecule has 3 rings (SSSR count). The predicted molar refractivity (Wildman–Crippen MR) is 108 cm³/mol. The predicted octanol–water partition coefficient (Wildman–Crippen LogP) is 2.69. The third kappa shape index (κ3) is 4.74. The molecule has 0 saturated heterocycles. The molecule has 0 aliphatic carbocycles. The van der Waals surface area contributed by atoms with Crippen LogP contribution >= 0.6 is 28.1 Å². The maximum Gasteiger partial charge on any atom is 0.253 e. The number of amides is 1. The van der Waals surface area contributed by atoms with Crippen LogP contribution in [0, 0.1) is 12.8 Å². The second-order valence-corrected chi connectivity index (χ2v) is 7.29. The molecule has 1 amide bonds. The molecule has 1 unspecified atom stereocenters. The number of anilines is 1. The van der Waals surface area contributed by atoms with Crippen molar-refractivity contribution in [3.05, 3.63) is 63.1 Å². The monoisotopic (exact) mass is 415 g/mol. The van der Waals surface area contributed by atoms with E-state index in [1.54, 1.807) is 0 Å². The molecule has 1 aliphatic rings. The Labute approximate surface area is 160 Å². The third-order valence-corrected chi connectivity index (χ3v) is 4.73. The van der Waals surface area contributed by atoms with Crippen molar-refractivity contribution in [3.63, 3.8) is 0 Å². The first kappa shape index (κ1) is 17.8. The van der Waals surface area contributed by atoms with E-state index in [-0.39, 0.29) is 11.8 Å². The van der Waals surface area contributed by atoms with Crippen molar-refractivity contribution in [2.24, 2.45) is 10.9 Å². The normalized spacial score (nSPS) is 15.6. The van der Waals surface area contributed by atoms with E-state index in [9.17, 15) is 4.79 Å². The van der Waals surface area contributed by atoms with Gasteiger partial charge in [-0.1, -0.05) is 34.1 Å². The van der Waals surface area contributed by atoms with Crippen LogP contribution in [0.1, 0.15) is 12.0 Å². The minimum atomic E-state index is -0.210. The van der Waals surface area contributed by atoms with Gasteiger partial charge in [-0.15, -0.1) is 0 Å². The molecule has 0 fully saturated rings. The van der Waals surface area contributed by atoms with Gasteiger partial charge in [0, 0.05) is 16.7 Å². The summed E-state index contributed by atoms with van der Waals surface area (Å²) in [6.07, 6.45) is 2.65. The van der Waals surface area contributed by atoms with Gasteiger partial charge in [0.25, 0.3) is 5.91 Å². The zero-order valence-corrected chi connectivity index (χ0v) is 16.2. The quantitative estimate of drug-likeness (QED) is 0.753. The number of fused-ring (bicyclic) bond motifs is 1. The van der Waals surface area contributed by atoms with Gasteiger partial charge in [0.2, 0.25) is 0 Å². The minimum Gasteiger partial charge on any atom is -0.362 e. The summed E-state index contributed by atoms with van der Waals surface area (Å²) in [5, 5.41) is 8.59. The fraction of sp³-hybridized carbons (Fsp3) is 0.211. The summed E-state index contributed by atoms with van der Waals surface area (Å²) in [5.74, 6) is -0.301. The van der Waals surface area contributed by atoms with Gasteiger partial charge >= 0.3 is 0 Å². The van der Waals surface area contributed by atoms with Gasteiger partial charge in [0.1, 0.15) is 0 Å². The first-order valence-corrected chi connectivity index (χ1v) is 9.23. The molecule has 4 nitrogen and oxygen atoms in total. The lowest BCUT2D eigenvalue weighted by molar-refractivity contribution is -0.120. The topological polar surface area (TPSA) is 53.5 Å². The maximum absolute atomic E-state index is 12.2. The number of halogens is 1. The van der Waals surface area contributed by atoms with Crippen LogP contribution in [-0.4, -0.2) is 17.6 Å². The Morgan fingerprint density at radius 3 is 2.76 bits per heavy atom. The Balaban J connectivity index is 1.55. The van der Waals surface area contributed by atoms with E-state index < -0.39 is 0 Å². The number of nitrogens with one attached hydrogen (secondary N) is 2. The van der Waals surface area contributed by atoms with E-state index in [0.29, 0.717) is 18.1 Å². The maximum atomic E-state index is 12.2. The van der Waals surface area contributed by atoms with Crippen LogP contribution in [0.25, 0.3) is 6.08 Å². The van der Waals surface area contributed by atoms with Crippen LogP contribution in [0.3, 0.4) is 0 Å². The highest BCUT2D eigenvalue weighted by Crippen LogP contribution is 2.14. The average Bonchev–Trinajstić information content (AvgIpc) is 2.57. The second-order valence-electron chi connectivity index (χ2n) is 5.96. The van der Waals surface area contributed by atoms with Crippen LogP contribution in [0.15, 0.2) is 51.9 Å². The summed E-state index contributed by atoms with van der Waals surface area (Å²) in [4.78, 5) is 16.4. The summed E-state index contributed by atoms with van der Waals surface area (Å²) in [7, 11) is 0. The summed E-state index contributed by atoms with van der Waals surface area (Å²) >= 11 is 8.69. The van der Waals surface area contributed by atoms with Crippen molar-refractivity contribution in [1.82, 2.24) is 5.32 Å². The molecular weight excluding hydrogens is 398 g/mol. The number of hydrogen-bond donors (Lipinski definition) is 2. The van der Waals surface area contributed by atoms with E-state index >= 15 is 0 Å². The number of carbonyl (C=O) groups excluding carboxylic acids is 1. The second kappa shape index (κ2) is 7.89. The average molecular weight is 416 g/mol. The van der Waals surface area contributed by atoms with E-state index in [2.05, 4.69) is 31.6 Å². The van der Waals surface area contributed by atoms with Gasteiger partial charge in [-0.3, -0.25) is 4.79 Å². The molecule has 0 saturated carbocycles. The van der Waals surface area contributed by atoms with E-state index in [1.165, 1.54) is 0 Å². The van der Waals surface area contributed by atoms with Gasteiger partial charge in [0.15, 0.2) is 5.11 Å². The first-order chi connectivity index (χ1) is 12.0. The van der Waals surface area contributed by atoms with Crippen molar-refractivity contribution in [1.29, 1.82) is 0 Å². The fourth-order valence-corrected chi connectivity index (χ4v) is 3.12. The van der Waals surface area contributed by atoms with Crippen LogP contribution in [-0.2, 0) is 4.79 Å². The molecule has 0 bridgehead atoms. The molecule has 128 valence electrons. The zero-order valence-electron chi connectivity index (χ0n) is 13.8. The molecule has 2 aromatic rings. The lowest BCUT2D eigenvalue weighted by Crippen LogP contribution is -2.36. The molecular formula is C19H18BrN3OS. The van der Waals surface area contributed by atoms with Gasteiger partial charge in [0.05, 0.1) is 11.3 Å². The Kier molecular flexibility index (Phi) is 5.60. The van der Waals surface area contributed by atoms with Gasteiger partial charge in [-0.05, 0) is 66.7 Å². The fourth-order valence-electron chi connectivity index (χ4n) is 2.64. The molecule has 0 radical (unpaired) electrons. The highest BCUT2D eigenvalue weighted by molar-refractivity contribution is 9.10. The molecule has 6 heteroatoms. The Morgan fingerprint density at radius 2 is 2.00 bits per heavy atom. The van der Waals surface area contributed by atoms with Crippen molar-refractivity contribution in [2.45, 2.75) is 13.3 Å². The Hall–Kier alpha value is -2.05. The smallest absolute Gasteiger partial charge is 0.253 e. The Bertz CT molecular complexity index is 925. The summed E-state index contributed by atoms with van der Waals surface area (Å²) in [6.45, 7) is 2.60. The molecule has 2 N–H and O–H groups in total. The first-order valence-electron chi connectivity index (χ1n) is 8.03. The summed E-state index contributed by atoms with van der Waals surface area (Å²) in [5.41, 5.74) is 2.02. The SMILES string of the molecule is Cc1ccc2c(c1)=NC(=O)C(CCNC(=S)Nc1ccc(Br)cc1)C=2. The number of thiocarbonyl (C=S) groups is 1. The molecule has 2 aromatic carbocycles. The van der Waals surface area contributed by atoms with Crippen molar-refractivity contribution in [2.75, 3.05) is 11.9 Å². The zero-order chi connectivity index (χ0) is 17.8. The molecule has 25 heavy (non-hydrogen) atoms. The van der Waals surface area contributed by atoms with Crippen molar-refractivity contribution in [3.8, 4) is 0 Å². The Morgan fingerprint density at radius 1 is 1.24 bits per heavy atom. The lowest BCUT2D eigenvalue weighted by Gasteiger charge is -2.14. The van der Waals surface area contributed by atoms with Crippen LogP contribution in [0.2, 0.25) is 0 Å². The van der Waals surface area contributed by atoms with E-state index in [1.807, 2.05) is 55.5 Å². The van der Waals surface area contributed by atoms with Crippen LogP contribution in [0.5, 0.6) is 0 Å². The van der Waals surface area contributed by atoms with Crippen LogP contribution in [0.4, 0.5) is 5.69 Å². The van der Waals surface area contributed by atoms with Crippen molar-refractivity contribution < 1.29 is 4.79 Å². The number of benzene rings is 2. The number of nitrogens with zero attached hydrogens (tertiary/aromatic N) is 1. The van der Waals surface area contributed by atoms with Gasteiger partial charge in [-0.2, -0.15) is 0 Å². The molecule has 1 atom stereocenters. The van der Waals surface area contributed by atoms with E-state index in [4.69, 9.17) is 12.2 Å². The number of rotatable bonds is 4. The molecule has 1 aliphatic heterocycles. The number of aryl methyl sites for hydroxylation is 1. The minimum absolute atomic E-state index is 0.0910. The largest absolute Gasteiger partial charge is 0.362 e. The number of hydrogen-bond acceptors (Lipinski definition) is 2. The molecule has 0 aromatic heterocycles. The number of carbonyl (C=O) groups is 1. The molecule has 0 spiro atoms. The van der Waals surface area contributed by atoms with Gasteiger partial charge < -0.3 is 10.6 Å². The highest BCUT2D eigenvalue weighted by Gasteiger charge is 2.18. The third-order valence-electron chi connectivity index (χ3n) is 3.96. The van der Waals surface area contributed by atoms with Crippen molar-refractivity contribution >= 4 is 50.9 Å². The molecule has 1 heterocycles. The lowest BCUT2D eigenvalue weighted by atomic mass is 10.00.